The van der Waals surface area contributed by atoms with E-state index in [1.807, 2.05) is 47.1 Å². The Labute approximate surface area is 312 Å². The first-order valence-electron chi connectivity index (χ1n) is 17.4. The Kier molecular flexibility index (Phi) is 10.2. The Morgan fingerprint density at radius 3 is 2.37 bits per heavy atom. The summed E-state index contributed by atoms with van der Waals surface area (Å²) in [4.78, 5) is 60.1. The number of aryl methyl sites for hydroxylation is 1. The quantitative estimate of drug-likeness (QED) is 0.214. The number of ether oxygens (including phenoxy) is 1. The van der Waals surface area contributed by atoms with Gasteiger partial charge in [0.1, 0.15) is 25.2 Å². The Hall–Kier alpha value is -5.71. The van der Waals surface area contributed by atoms with Crippen LogP contribution in [0.15, 0.2) is 59.7 Å². The second kappa shape index (κ2) is 15.0. The molecule has 2 fully saturated rings. The molecule has 14 nitrogen and oxygen atoms in total. The molecule has 282 valence electrons. The lowest BCUT2D eigenvalue weighted by molar-refractivity contribution is -0.137. The molecular weight excluding hydrogens is 729 g/mol. The van der Waals surface area contributed by atoms with Gasteiger partial charge in [0.15, 0.2) is 11.4 Å². The first-order chi connectivity index (χ1) is 25.9. The summed E-state index contributed by atoms with van der Waals surface area (Å²) in [5, 5.41) is 6.84. The number of hydrogen-bond donors (Lipinski definition) is 1. The molecule has 2 aromatic carbocycles. The second-order valence-electron chi connectivity index (χ2n) is 12.9. The molecule has 7 rings (SSSR count). The van der Waals surface area contributed by atoms with Crippen molar-refractivity contribution in [2.75, 3.05) is 54.4 Å². The van der Waals surface area contributed by atoms with E-state index >= 15 is 0 Å². The average Bonchev–Trinajstić information content (AvgIpc) is 3.57. The maximum atomic E-state index is 14.2. The van der Waals surface area contributed by atoms with Crippen molar-refractivity contribution in [3.63, 3.8) is 0 Å². The predicted molar refractivity (Wildman–Crippen MR) is 194 cm³/mol. The minimum absolute atomic E-state index is 0.000956. The molecule has 54 heavy (non-hydrogen) atoms. The fourth-order valence-electron chi connectivity index (χ4n) is 6.49. The molecule has 0 aliphatic carbocycles. The van der Waals surface area contributed by atoms with Crippen LogP contribution in [0.2, 0.25) is 5.02 Å². The summed E-state index contributed by atoms with van der Waals surface area (Å²) in [7, 11) is 0. The summed E-state index contributed by atoms with van der Waals surface area (Å²) in [5.41, 5.74) is 1.04. The minimum atomic E-state index is -4.60. The van der Waals surface area contributed by atoms with E-state index in [0.717, 1.165) is 30.2 Å². The number of nitrogens with zero attached hydrogens (tertiary/aromatic N) is 9. The lowest BCUT2D eigenvalue weighted by Crippen LogP contribution is -2.51. The number of carbonyl (C=O) groups is 2. The zero-order valence-corrected chi connectivity index (χ0v) is 30.2. The van der Waals surface area contributed by atoms with E-state index < -0.39 is 23.2 Å². The molecule has 0 bridgehead atoms. The zero-order chi connectivity index (χ0) is 38.1. The van der Waals surface area contributed by atoms with Crippen molar-refractivity contribution in [1.82, 2.24) is 34.0 Å². The maximum absolute atomic E-state index is 14.2. The van der Waals surface area contributed by atoms with Gasteiger partial charge < -0.3 is 29.3 Å². The number of hydrogen-bond acceptors (Lipinski definition) is 10. The van der Waals surface area contributed by atoms with Gasteiger partial charge in [-0.3, -0.25) is 14.4 Å². The number of anilines is 3. The topological polar surface area (TPSA) is 143 Å². The van der Waals surface area contributed by atoms with Gasteiger partial charge in [-0.2, -0.15) is 22.7 Å². The fourth-order valence-corrected chi connectivity index (χ4v) is 6.72. The van der Waals surface area contributed by atoms with Crippen LogP contribution < -0.4 is 25.4 Å². The molecule has 2 amide bonds. The first-order valence-corrected chi connectivity index (χ1v) is 17.8. The normalized spacial score (nSPS) is 14.7. The molecule has 0 atom stereocenters. The molecule has 0 radical (unpaired) electrons. The summed E-state index contributed by atoms with van der Waals surface area (Å²) < 4.78 is 48.5. The molecule has 5 aromatic rings. The summed E-state index contributed by atoms with van der Waals surface area (Å²) in [6.07, 6.45) is -2.01. The van der Waals surface area contributed by atoms with Gasteiger partial charge in [-0.1, -0.05) is 48.9 Å². The van der Waals surface area contributed by atoms with E-state index in [2.05, 4.69) is 25.4 Å². The largest absolute Gasteiger partial charge is 0.485 e. The third-order valence-electron chi connectivity index (χ3n) is 9.45. The Morgan fingerprint density at radius 1 is 0.981 bits per heavy atom. The van der Waals surface area contributed by atoms with Crippen LogP contribution in [-0.2, 0) is 30.5 Å². The van der Waals surface area contributed by atoms with Gasteiger partial charge in [0, 0.05) is 39.3 Å². The van der Waals surface area contributed by atoms with Crippen LogP contribution in [0.3, 0.4) is 0 Å². The first kappa shape index (κ1) is 36.6. The fraction of sp³-hybridized carbons (Fsp3) is 0.361. The summed E-state index contributed by atoms with van der Waals surface area (Å²) in [6.45, 7) is 5.99. The van der Waals surface area contributed by atoms with Crippen molar-refractivity contribution < 1.29 is 27.5 Å². The van der Waals surface area contributed by atoms with Gasteiger partial charge in [0.25, 0.3) is 11.5 Å². The van der Waals surface area contributed by atoms with Crippen LogP contribution in [-0.4, -0.2) is 85.1 Å². The van der Waals surface area contributed by atoms with Crippen molar-refractivity contribution in [1.29, 1.82) is 0 Å². The molecule has 3 aromatic heterocycles. The summed E-state index contributed by atoms with van der Waals surface area (Å²) >= 11 is 6.13. The number of rotatable bonds is 10. The number of amides is 2. The lowest BCUT2D eigenvalue weighted by Gasteiger charge is -2.36. The highest BCUT2D eigenvalue weighted by molar-refractivity contribution is 6.33. The number of aromatic nitrogens is 6. The van der Waals surface area contributed by atoms with Crippen LogP contribution in [0.5, 0.6) is 5.75 Å². The molecule has 2 aliphatic heterocycles. The van der Waals surface area contributed by atoms with E-state index in [1.54, 1.807) is 16.4 Å². The van der Waals surface area contributed by atoms with Crippen molar-refractivity contribution in [3.05, 3.63) is 98.4 Å². The molecular formula is C36H36ClF3N10O4. The molecule has 18 heteroatoms. The molecule has 2 aliphatic rings. The number of nitrogens with one attached hydrogen (secondary N) is 1. The molecule has 2 saturated heterocycles. The standard InChI is InChI=1S/C36H36ClF3N10O4/c1-3-27-30(46-14-16-47(17-15-46)32(52)29-31(22(2)41-21-42-29)54-20-23-8-5-4-6-9-23)33(53)50-35(44-34(45-50)48-12-7-13-48)49(27)19-28(51)43-26-11-10-24(18-25(26)37)36(38,39)40/h4-6,8-11,18,21H,3,7,12-17,19-20H2,1-2H3,(H,43,51). The Bertz CT molecular complexity index is 2270. The Morgan fingerprint density at radius 2 is 1.72 bits per heavy atom. The van der Waals surface area contributed by atoms with Crippen molar-refractivity contribution in [2.45, 2.75) is 46.0 Å². The summed E-state index contributed by atoms with van der Waals surface area (Å²) in [6, 6.07) is 12.2. The predicted octanol–water partition coefficient (Wildman–Crippen LogP) is 4.61. The molecule has 0 unspecified atom stereocenters. The monoisotopic (exact) mass is 764 g/mol. The highest BCUT2D eigenvalue weighted by Crippen LogP contribution is 2.34. The number of carbonyl (C=O) groups excluding carboxylic acids is 2. The average molecular weight is 765 g/mol. The summed E-state index contributed by atoms with van der Waals surface area (Å²) in [5.74, 6) is -0.140. The lowest BCUT2D eigenvalue weighted by atomic mass is 10.2. The van der Waals surface area contributed by atoms with Gasteiger partial charge in [-0.05, 0) is 43.5 Å². The molecule has 0 saturated carbocycles. The van der Waals surface area contributed by atoms with E-state index in [4.69, 9.17) is 16.3 Å². The van der Waals surface area contributed by atoms with E-state index in [1.165, 1.54) is 10.8 Å². The van der Waals surface area contributed by atoms with Crippen molar-refractivity contribution >= 4 is 46.5 Å². The van der Waals surface area contributed by atoms with E-state index in [-0.39, 0.29) is 67.4 Å². The van der Waals surface area contributed by atoms with Gasteiger partial charge in [-0.25, -0.2) is 9.97 Å². The van der Waals surface area contributed by atoms with Crippen LogP contribution in [0, 0.1) is 6.92 Å². The molecule has 1 N–H and O–H groups in total. The highest BCUT2D eigenvalue weighted by atomic mass is 35.5. The third kappa shape index (κ3) is 7.27. The van der Waals surface area contributed by atoms with E-state index in [0.29, 0.717) is 48.3 Å². The van der Waals surface area contributed by atoms with Crippen LogP contribution >= 0.6 is 11.6 Å². The van der Waals surface area contributed by atoms with E-state index in [9.17, 15) is 27.6 Å². The minimum Gasteiger partial charge on any atom is -0.485 e. The maximum Gasteiger partial charge on any atom is 0.416 e. The number of alkyl halides is 3. The zero-order valence-electron chi connectivity index (χ0n) is 29.4. The number of fused-ring (bicyclic) bond motifs is 1. The van der Waals surface area contributed by atoms with Crippen LogP contribution in [0.4, 0.5) is 30.5 Å². The van der Waals surface area contributed by atoms with Crippen LogP contribution in [0.25, 0.3) is 5.78 Å². The van der Waals surface area contributed by atoms with Crippen molar-refractivity contribution in [3.8, 4) is 5.75 Å². The Balaban J connectivity index is 1.15. The molecule has 0 spiro atoms. The van der Waals surface area contributed by atoms with Gasteiger partial charge in [0.05, 0.1) is 27.7 Å². The SMILES string of the molecule is CCc1c(N2CCN(C(=O)c3ncnc(C)c3OCc3ccccc3)CC2)c(=O)n2nc(N3CCC3)nc2n1CC(=O)Nc1ccc(C(F)(F)F)cc1Cl. The number of piperazine rings is 1. The third-order valence-corrected chi connectivity index (χ3v) is 9.77. The van der Waals surface area contributed by atoms with Gasteiger partial charge in [0.2, 0.25) is 17.6 Å². The molecule has 5 heterocycles. The number of benzene rings is 2. The highest BCUT2D eigenvalue weighted by Gasteiger charge is 2.33. The second-order valence-corrected chi connectivity index (χ2v) is 13.3. The smallest absolute Gasteiger partial charge is 0.416 e. The van der Waals surface area contributed by atoms with Crippen LogP contribution in [0.1, 0.15) is 46.3 Å². The van der Waals surface area contributed by atoms with Gasteiger partial charge in [-0.15, -0.1) is 5.10 Å². The van der Waals surface area contributed by atoms with Crippen molar-refractivity contribution in [2.24, 2.45) is 0 Å². The number of halogens is 4. The van der Waals surface area contributed by atoms with Gasteiger partial charge >= 0.3 is 6.18 Å².